The van der Waals surface area contributed by atoms with Crippen LogP contribution in [0.4, 0.5) is 11.8 Å². The molecule has 0 fully saturated rings. The van der Waals surface area contributed by atoms with Gasteiger partial charge in [-0.1, -0.05) is 0 Å². The first-order valence-electron chi connectivity index (χ1n) is 4.50. The van der Waals surface area contributed by atoms with Crippen molar-refractivity contribution in [1.82, 2.24) is 9.97 Å². The first kappa shape index (κ1) is 11.6. The third-order valence-electron chi connectivity index (χ3n) is 1.78. The van der Waals surface area contributed by atoms with E-state index in [2.05, 4.69) is 20.7 Å². The fourth-order valence-corrected chi connectivity index (χ4v) is 1.07. The third-order valence-corrected chi connectivity index (χ3v) is 1.78. The molecule has 0 bridgehead atoms. The van der Waals surface area contributed by atoms with E-state index in [0.717, 1.165) is 5.69 Å². The number of aryl methyl sites for hydroxylation is 1. The fourth-order valence-electron chi connectivity index (χ4n) is 1.07. The molecule has 7 nitrogen and oxygen atoms in total. The predicted molar refractivity (Wildman–Crippen MR) is 56.2 cm³/mol. The van der Waals surface area contributed by atoms with Gasteiger partial charge in [0.15, 0.2) is 0 Å². The quantitative estimate of drug-likeness (QED) is 0.309. The number of hydrogen-bond acceptors (Lipinski definition) is 7. The number of hydrazine groups is 1. The Morgan fingerprint density at radius 2 is 2.07 bits per heavy atom. The topological polar surface area (TPSA) is 116 Å². The van der Waals surface area contributed by atoms with Gasteiger partial charge in [0, 0.05) is 11.8 Å². The van der Waals surface area contributed by atoms with Crippen molar-refractivity contribution in [2.24, 2.45) is 5.84 Å². The summed E-state index contributed by atoms with van der Waals surface area (Å²) < 4.78 is 0. The number of aromatic nitrogens is 2. The highest BCUT2D eigenvalue weighted by molar-refractivity contribution is 5.42. The zero-order valence-corrected chi connectivity index (χ0v) is 8.44. The van der Waals surface area contributed by atoms with Crippen LogP contribution in [0.3, 0.4) is 0 Å². The number of nitrogens with zero attached hydrogens (tertiary/aromatic N) is 2. The number of rotatable bonds is 5. The van der Waals surface area contributed by atoms with Crippen LogP contribution in [0.1, 0.15) is 5.69 Å². The van der Waals surface area contributed by atoms with Crippen LogP contribution in [0, 0.1) is 6.92 Å². The standard InChI is InChI=1S/C8H15N5O2/c1-5-2-7(11-6(3-14)4-15)12-8(10-5)13-9/h2,6,14-15H,3-4,9H2,1H3,(H2,10,11,12,13). The minimum Gasteiger partial charge on any atom is -0.394 e. The van der Waals surface area contributed by atoms with Crippen LogP contribution in [0.25, 0.3) is 0 Å². The van der Waals surface area contributed by atoms with Crippen molar-refractivity contribution in [3.8, 4) is 0 Å². The number of hydrogen-bond donors (Lipinski definition) is 5. The number of aliphatic hydroxyl groups is 2. The van der Waals surface area contributed by atoms with E-state index in [0.29, 0.717) is 5.82 Å². The molecule has 1 aromatic rings. The number of nitrogen functional groups attached to an aromatic ring is 1. The zero-order valence-electron chi connectivity index (χ0n) is 8.44. The number of aliphatic hydroxyl groups excluding tert-OH is 2. The SMILES string of the molecule is Cc1cc(NC(CO)CO)nc(NN)n1. The third kappa shape index (κ3) is 3.31. The molecule has 0 atom stereocenters. The monoisotopic (exact) mass is 213 g/mol. The summed E-state index contributed by atoms with van der Waals surface area (Å²) >= 11 is 0. The van der Waals surface area contributed by atoms with Crippen LogP contribution in [0.15, 0.2) is 6.07 Å². The summed E-state index contributed by atoms with van der Waals surface area (Å²) in [7, 11) is 0. The Labute approximate surface area is 87.3 Å². The lowest BCUT2D eigenvalue weighted by molar-refractivity contribution is 0.203. The van der Waals surface area contributed by atoms with Crippen LogP contribution in [-0.2, 0) is 0 Å². The molecule has 0 unspecified atom stereocenters. The highest BCUT2D eigenvalue weighted by Gasteiger charge is 2.07. The normalized spacial score (nSPS) is 10.5. The molecule has 84 valence electrons. The minimum atomic E-state index is -0.440. The van der Waals surface area contributed by atoms with Crippen molar-refractivity contribution < 1.29 is 10.2 Å². The Bertz CT molecular complexity index is 316. The van der Waals surface area contributed by atoms with E-state index in [9.17, 15) is 0 Å². The lowest BCUT2D eigenvalue weighted by Crippen LogP contribution is -2.28. The molecule has 0 aliphatic heterocycles. The van der Waals surface area contributed by atoms with Crippen molar-refractivity contribution in [2.45, 2.75) is 13.0 Å². The smallest absolute Gasteiger partial charge is 0.239 e. The van der Waals surface area contributed by atoms with Gasteiger partial charge in [-0.3, -0.25) is 5.43 Å². The van der Waals surface area contributed by atoms with E-state index < -0.39 is 6.04 Å². The van der Waals surface area contributed by atoms with Gasteiger partial charge < -0.3 is 15.5 Å². The molecule has 6 N–H and O–H groups in total. The highest BCUT2D eigenvalue weighted by atomic mass is 16.3. The maximum atomic E-state index is 8.88. The number of anilines is 2. The lowest BCUT2D eigenvalue weighted by atomic mass is 10.3. The summed E-state index contributed by atoms with van der Waals surface area (Å²) in [5.41, 5.74) is 3.06. The van der Waals surface area contributed by atoms with Crippen molar-refractivity contribution in [1.29, 1.82) is 0 Å². The van der Waals surface area contributed by atoms with Crippen molar-refractivity contribution in [2.75, 3.05) is 24.0 Å². The minimum absolute atomic E-state index is 0.176. The molecule has 0 spiro atoms. The maximum absolute atomic E-state index is 8.88. The van der Waals surface area contributed by atoms with Gasteiger partial charge in [-0.15, -0.1) is 0 Å². The van der Waals surface area contributed by atoms with E-state index in [4.69, 9.17) is 16.1 Å². The Morgan fingerprint density at radius 1 is 1.40 bits per heavy atom. The summed E-state index contributed by atoms with van der Waals surface area (Å²) in [6, 6.07) is 1.25. The van der Waals surface area contributed by atoms with E-state index in [-0.39, 0.29) is 19.2 Å². The molecule has 1 rings (SSSR count). The molecule has 0 aromatic carbocycles. The van der Waals surface area contributed by atoms with Gasteiger partial charge in [-0.25, -0.2) is 10.8 Å². The molecule has 15 heavy (non-hydrogen) atoms. The Kier molecular flexibility index (Phi) is 4.22. The van der Waals surface area contributed by atoms with Crippen LogP contribution < -0.4 is 16.6 Å². The molecule has 1 heterocycles. The molecule has 0 saturated carbocycles. The van der Waals surface area contributed by atoms with Crippen LogP contribution in [-0.4, -0.2) is 39.4 Å². The first-order valence-corrected chi connectivity index (χ1v) is 4.50. The Hall–Kier alpha value is -1.44. The Morgan fingerprint density at radius 3 is 2.60 bits per heavy atom. The van der Waals surface area contributed by atoms with E-state index >= 15 is 0 Å². The van der Waals surface area contributed by atoms with E-state index in [1.807, 2.05) is 0 Å². The first-order chi connectivity index (χ1) is 7.19. The molecule has 0 aliphatic rings. The molecular formula is C8H15N5O2. The highest BCUT2D eigenvalue weighted by Crippen LogP contribution is 2.09. The lowest BCUT2D eigenvalue weighted by Gasteiger charge is -2.14. The fraction of sp³-hybridized carbons (Fsp3) is 0.500. The Balaban J connectivity index is 2.79. The summed E-state index contributed by atoms with van der Waals surface area (Å²) in [6.07, 6.45) is 0. The van der Waals surface area contributed by atoms with Gasteiger partial charge in [0.2, 0.25) is 5.95 Å². The molecule has 7 heteroatoms. The molecular weight excluding hydrogens is 198 g/mol. The van der Waals surface area contributed by atoms with Gasteiger partial charge in [0.1, 0.15) is 5.82 Å². The van der Waals surface area contributed by atoms with E-state index in [1.54, 1.807) is 13.0 Å². The summed E-state index contributed by atoms with van der Waals surface area (Å²) in [5, 5.41) is 20.6. The summed E-state index contributed by atoms with van der Waals surface area (Å²) in [6.45, 7) is 1.44. The maximum Gasteiger partial charge on any atom is 0.239 e. The second kappa shape index (κ2) is 5.44. The largest absolute Gasteiger partial charge is 0.394 e. The molecule has 0 radical (unpaired) electrons. The zero-order chi connectivity index (χ0) is 11.3. The second-order valence-corrected chi connectivity index (χ2v) is 3.07. The molecule has 0 amide bonds. The van der Waals surface area contributed by atoms with Gasteiger partial charge in [-0.2, -0.15) is 4.98 Å². The van der Waals surface area contributed by atoms with Crippen LogP contribution in [0.5, 0.6) is 0 Å². The summed E-state index contributed by atoms with van der Waals surface area (Å²) in [5.74, 6) is 5.97. The van der Waals surface area contributed by atoms with Crippen molar-refractivity contribution in [3.63, 3.8) is 0 Å². The second-order valence-electron chi connectivity index (χ2n) is 3.07. The van der Waals surface area contributed by atoms with Crippen molar-refractivity contribution >= 4 is 11.8 Å². The molecule has 0 aliphatic carbocycles. The number of nitrogens with two attached hydrogens (primary N) is 1. The average Bonchev–Trinajstić information content (AvgIpc) is 2.25. The van der Waals surface area contributed by atoms with Crippen LogP contribution in [0.2, 0.25) is 0 Å². The molecule has 0 saturated heterocycles. The van der Waals surface area contributed by atoms with Gasteiger partial charge in [0.05, 0.1) is 19.3 Å². The van der Waals surface area contributed by atoms with Gasteiger partial charge in [0.25, 0.3) is 0 Å². The number of nitrogens with one attached hydrogen (secondary N) is 2. The summed E-state index contributed by atoms with van der Waals surface area (Å²) in [4.78, 5) is 8.01. The van der Waals surface area contributed by atoms with Gasteiger partial charge in [-0.05, 0) is 6.92 Å². The van der Waals surface area contributed by atoms with E-state index in [1.165, 1.54) is 0 Å². The van der Waals surface area contributed by atoms with Gasteiger partial charge >= 0.3 is 0 Å². The molecule has 1 aromatic heterocycles. The predicted octanol–water partition coefficient (Wildman–Crippen LogP) is -1.16. The van der Waals surface area contributed by atoms with Crippen LogP contribution >= 0.6 is 0 Å². The average molecular weight is 213 g/mol. The van der Waals surface area contributed by atoms with Crippen molar-refractivity contribution in [3.05, 3.63) is 11.8 Å².